The Kier molecular flexibility index (Phi) is 3.75. The third kappa shape index (κ3) is 2.43. The quantitative estimate of drug-likeness (QED) is 0.821. The highest BCUT2D eigenvalue weighted by Crippen LogP contribution is 2.49. The molecule has 0 saturated carbocycles. The van der Waals surface area contributed by atoms with Crippen molar-refractivity contribution >= 4 is 5.71 Å². The monoisotopic (exact) mass is 347 g/mol. The molecule has 0 N–H and O–H groups in total. The number of hydrogen-bond acceptors (Lipinski definition) is 4. The van der Waals surface area contributed by atoms with Crippen molar-refractivity contribution in [3.05, 3.63) is 65.7 Å². The van der Waals surface area contributed by atoms with Crippen molar-refractivity contribution in [3.8, 4) is 5.75 Å². The molecule has 1 fully saturated rings. The van der Waals surface area contributed by atoms with Gasteiger partial charge in [-0.15, -0.1) is 0 Å². The number of nitrogens with zero attached hydrogens (tertiary/aromatic N) is 3. The Bertz CT molecular complexity index is 824. The normalized spacial score (nSPS) is 24.0. The Morgan fingerprint density at radius 3 is 2.54 bits per heavy atom. The van der Waals surface area contributed by atoms with Gasteiger partial charge < -0.3 is 9.64 Å². The lowest BCUT2D eigenvalue weighted by Gasteiger charge is -2.51. The molecule has 1 saturated heterocycles. The van der Waals surface area contributed by atoms with Crippen molar-refractivity contribution in [2.45, 2.75) is 38.0 Å². The molecule has 1 spiro atoms. The highest BCUT2D eigenvalue weighted by atomic mass is 16.5. The lowest BCUT2D eigenvalue weighted by Crippen LogP contribution is -2.59. The van der Waals surface area contributed by atoms with Crippen molar-refractivity contribution in [1.82, 2.24) is 9.91 Å². The Morgan fingerprint density at radius 2 is 1.77 bits per heavy atom. The highest BCUT2D eigenvalue weighted by Gasteiger charge is 2.51. The molecule has 1 unspecified atom stereocenters. The molecule has 0 radical (unpaired) electrons. The molecule has 26 heavy (non-hydrogen) atoms. The molecule has 0 aliphatic carbocycles. The third-order valence-electron chi connectivity index (χ3n) is 6.10. The minimum Gasteiger partial charge on any atom is -0.466 e. The number of hydrogen-bond donors (Lipinski definition) is 0. The summed E-state index contributed by atoms with van der Waals surface area (Å²) in [7, 11) is 0. The Morgan fingerprint density at radius 1 is 1.04 bits per heavy atom. The van der Waals surface area contributed by atoms with E-state index in [1.807, 2.05) is 0 Å². The first-order chi connectivity index (χ1) is 12.8. The SMILES string of the molecule is CCN1CCC2(CC1)Oc1ccccc1C1CC(c3ccccc3)=NN12. The van der Waals surface area contributed by atoms with Crippen molar-refractivity contribution in [3.63, 3.8) is 0 Å². The zero-order valence-corrected chi connectivity index (χ0v) is 15.3. The number of benzene rings is 2. The fraction of sp³-hybridized carbons (Fsp3) is 0.409. The van der Waals surface area contributed by atoms with Crippen molar-refractivity contribution < 1.29 is 4.74 Å². The van der Waals surface area contributed by atoms with E-state index in [2.05, 4.69) is 71.4 Å². The van der Waals surface area contributed by atoms with Crippen LogP contribution in [0.5, 0.6) is 5.75 Å². The van der Waals surface area contributed by atoms with Crippen LogP contribution < -0.4 is 4.74 Å². The van der Waals surface area contributed by atoms with Crippen LogP contribution in [-0.2, 0) is 0 Å². The van der Waals surface area contributed by atoms with E-state index in [1.165, 1.54) is 16.8 Å². The van der Waals surface area contributed by atoms with E-state index in [0.29, 0.717) is 0 Å². The van der Waals surface area contributed by atoms with Gasteiger partial charge in [-0.1, -0.05) is 55.5 Å². The molecule has 3 heterocycles. The molecular weight excluding hydrogens is 322 g/mol. The molecule has 5 rings (SSSR count). The summed E-state index contributed by atoms with van der Waals surface area (Å²) in [6.45, 7) is 5.48. The van der Waals surface area contributed by atoms with Crippen molar-refractivity contribution in [2.75, 3.05) is 19.6 Å². The van der Waals surface area contributed by atoms with Gasteiger partial charge in [0.2, 0.25) is 5.72 Å². The van der Waals surface area contributed by atoms with Crippen molar-refractivity contribution in [1.29, 1.82) is 0 Å². The predicted octanol–water partition coefficient (Wildman–Crippen LogP) is 4.04. The second-order valence-corrected chi connectivity index (χ2v) is 7.50. The first kappa shape index (κ1) is 15.9. The smallest absolute Gasteiger partial charge is 0.200 e. The summed E-state index contributed by atoms with van der Waals surface area (Å²) in [4.78, 5) is 2.50. The summed E-state index contributed by atoms with van der Waals surface area (Å²) in [5.74, 6) is 1.04. The summed E-state index contributed by atoms with van der Waals surface area (Å²) in [5.41, 5.74) is 3.36. The van der Waals surface area contributed by atoms with Crippen LogP contribution in [0, 0.1) is 0 Å². The van der Waals surface area contributed by atoms with Gasteiger partial charge in [0.15, 0.2) is 0 Å². The molecule has 0 bridgehead atoms. The van der Waals surface area contributed by atoms with Crippen LogP contribution in [0.3, 0.4) is 0 Å². The zero-order valence-electron chi connectivity index (χ0n) is 15.3. The minimum atomic E-state index is -0.304. The van der Waals surface area contributed by atoms with Crippen LogP contribution in [0.4, 0.5) is 0 Å². The van der Waals surface area contributed by atoms with E-state index in [1.54, 1.807) is 0 Å². The molecule has 4 nitrogen and oxygen atoms in total. The van der Waals surface area contributed by atoms with Crippen LogP contribution in [0.25, 0.3) is 0 Å². The third-order valence-corrected chi connectivity index (χ3v) is 6.10. The maximum Gasteiger partial charge on any atom is 0.200 e. The van der Waals surface area contributed by atoms with Gasteiger partial charge in [-0.05, 0) is 18.2 Å². The van der Waals surface area contributed by atoms with Gasteiger partial charge in [0, 0.05) is 37.9 Å². The molecule has 4 heteroatoms. The summed E-state index contributed by atoms with van der Waals surface area (Å²) in [5, 5.41) is 7.41. The van der Waals surface area contributed by atoms with Gasteiger partial charge in [0.25, 0.3) is 0 Å². The summed E-state index contributed by atoms with van der Waals surface area (Å²) < 4.78 is 6.64. The Labute approximate surface area is 155 Å². The number of fused-ring (bicyclic) bond motifs is 4. The number of hydrazone groups is 1. The van der Waals surface area contributed by atoms with Crippen LogP contribution in [0.1, 0.15) is 43.4 Å². The highest BCUT2D eigenvalue weighted by molar-refractivity contribution is 6.01. The molecule has 3 aliphatic rings. The van der Waals surface area contributed by atoms with Crippen LogP contribution in [0.15, 0.2) is 59.7 Å². The topological polar surface area (TPSA) is 28.1 Å². The lowest BCUT2D eigenvalue weighted by molar-refractivity contribution is -0.149. The molecule has 3 aliphatic heterocycles. The van der Waals surface area contributed by atoms with Gasteiger partial charge in [-0.3, -0.25) is 0 Å². The molecule has 2 aromatic rings. The number of rotatable bonds is 2. The molecular formula is C22H25N3O. The molecule has 0 aromatic heterocycles. The van der Waals surface area contributed by atoms with Crippen LogP contribution >= 0.6 is 0 Å². The molecule has 1 atom stereocenters. The molecule has 0 amide bonds. The van der Waals surface area contributed by atoms with Crippen LogP contribution in [0.2, 0.25) is 0 Å². The number of para-hydroxylation sites is 1. The van der Waals surface area contributed by atoms with E-state index in [9.17, 15) is 0 Å². The van der Waals surface area contributed by atoms with E-state index < -0.39 is 0 Å². The zero-order chi connectivity index (χ0) is 17.6. The van der Waals surface area contributed by atoms with Gasteiger partial charge in [0.05, 0.1) is 11.8 Å². The fourth-order valence-electron chi connectivity index (χ4n) is 4.58. The number of likely N-dealkylation sites (tertiary alicyclic amines) is 1. The first-order valence-corrected chi connectivity index (χ1v) is 9.72. The maximum atomic E-state index is 6.64. The largest absolute Gasteiger partial charge is 0.466 e. The van der Waals surface area contributed by atoms with E-state index in [4.69, 9.17) is 9.84 Å². The molecule has 2 aromatic carbocycles. The minimum absolute atomic E-state index is 0.281. The van der Waals surface area contributed by atoms with Gasteiger partial charge in [-0.25, -0.2) is 5.01 Å². The summed E-state index contributed by atoms with van der Waals surface area (Å²) >= 11 is 0. The fourth-order valence-corrected chi connectivity index (χ4v) is 4.58. The lowest BCUT2D eigenvalue weighted by atomic mass is 9.91. The summed E-state index contributed by atoms with van der Waals surface area (Å²) in [6, 6.07) is 19.4. The first-order valence-electron chi connectivity index (χ1n) is 9.72. The number of ether oxygens (including phenoxy) is 1. The second-order valence-electron chi connectivity index (χ2n) is 7.50. The number of piperidine rings is 1. The predicted molar refractivity (Wildman–Crippen MR) is 103 cm³/mol. The van der Waals surface area contributed by atoms with Gasteiger partial charge in [-0.2, -0.15) is 5.10 Å². The average Bonchev–Trinajstić information content (AvgIpc) is 3.16. The van der Waals surface area contributed by atoms with Crippen LogP contribution in [-0.4, -0.2) is 41.0 Å². The summed E-state index contributed by atoms with van der Waals surface area (Å²) in [6.07, 6.45) is 2.94. The van der Waals surface area contributed by atoms with Gasteiger partial charge in [0.1, 0.15) is 5.75 Å². The molecule has 134 valence electrons. The maximum absolute atomic E-state index is 6.64. The standard InChI is InChI=1S/C22H25N3O/c1-2-24-14-12-22(13-15-24)25-20(18-10-6-7-11-21(18)26-22)16-19(23-25)17-8-4-3-5-9-17/h3-11,20H,2,12-16H2,1H3. The Hall–Kier alpha value is -2.33. The van der Waals surface area contributed by atoms with E-state index in [-0.39, 0.29) is 11.8 Å². The van der Waals surface area contributed by atoms with E-state index in [0.717, 1.165) is 44.6 Å². The Balaban J connectivity index is 1.55. The second kappa shape index (κ2) is 6.13. The van der Waals surface area contributed by atoms with Gasteiger partial charge >= 0.3 is 0 Å². The average molecular weight is 347 g/mol. The van der Waals surface area contributed by atoms with E-state index >= 15 is 0 Å². The van der Waals surface area contributed by atoms with Crippen molar-refractivity contribution in [2.24, 2.45) is 5.10 Å².